The molecule has 20 heavy (non-hydrogen) atoms. The minimum absolute atomic E-state index is 0.0186. The molecule has 0 saturated carbocycles. The van der Waals surface area contributed by atoms with E-state index in [4.69, 9.17) is 0 Å². The number of thioether (sulfide) groups is 1. The Hall–Kier alpha value is -2.09. The maximum absolute atomic E-state index is 11.8. The monoisotopic (exact) mass is 292 g/mol. The fraction of sp³-hybridized carbons (Fsp3) is 0.333. The van der Waals surface area contributed by atoms with E-state index in [1.54, 1.807) is 23.9 Å². The second kappa shape index (κ2) is 5.12. The highest BCUT2D eigenvalue weighted by atomic mass is 32.2. The third-order valence-corrected chi connectivity index (χ3v) is 4.31. The number of amidine groups is 1. The van der Waals surface area contributed by atoms with E-state index in [1.807, 2.05) is 4.90 Å². The Balaban J connectivity index is 1.98. The molecule has 7 nitrogen and oxygen atoms in total. The average molecular weight is 292 g/mol. The molecule has 1 amide bonds. The second-order valence-electron chi connectivity index (χ2n) is 4.50. The van der Waals surface area contributed by atoms with Gasteiger partial charge in [-0.25, -0.2) is 5.43 Å². The van der Waals surface area contributed by atoms with Crippen LogP contribution in [0.25, 0.3) is 0 Å². The first kappa shape index (κ1) is 12.9. The van der Waals surface area contributed by atoms with Crippen molar-refractivity contribution in [2.75, 3.05) is 18.1 Å². The van der Waals surface area contributed by atoms with Crippen molar-refractivity contribution in [3.8, 4) is 0 Å². The van der Waals surface area contributed by atoms with Crippen LogP contribution >= 0.6 is 11.8 Å². The fourth-order valence-electron chi connectivity index (χ4n) is 2.31. The fourth-order valence-corrected chi connectivity index (χ4v) is 3.36. The van der Waals surface area contributed by atoms with Gasteiger partial charge in [-0.3, -0.25) is 14.9 Å². The van der Waals surface area contributed by atoms with Crippen molar-refractivity contribution in [3.05, 3.63) is 39.9 Å². The normalized spacial score (nSPS) is 21.8. The van der Waals surface area contributed by atoms with Gasteiger partial charge in [-0.05, 0) is 0 Å². The number of nitro benzene ring substituents is 1. The van der Waals surface area contributed by atoms with Gasteiger partial charge in [0.15, 0.2) is 5.84 Å². The molecular formula is C12H12N4O3S. The molecule has 1 fully saturated rings. The zero-order valence-corrected chi connectivity index (χ0v) is 11.3. The van der Waals surface area contributed by atoms with Crippen molar-refractivity contribution in [2.45, 2.75) is 6.04 Å². The lowest BCUT2D eigenvalue weighted by molar-refractivity contribution is -0.384. The molecule has 0 unspecified atom stereocenters. The molecule has 1 atom stereocenters. The maximum Gasteiger partial charge on any atom is 0.270 e. The molecule has 3 rings (SSSR count). The van der Waals surface area contributed by atoms with Gasteiger partial charge in [0.05, 0.1) is 4.92 Å². The smallest absolute Gasteiger partial charge is 0.270 e. The Labute approximate surface area is 119 Å². The van der Waals surface area contributed by atoms with E-state index in [0.717, 1.165) is 5.75 Å². The van der Waals surface area contributed by atoms with Crippen LogP contribution < -0.4 is 5.43 Å². The molecule has 0 bridgehead atoms. The zero-order valence-electron chi connectivity index (χ0n) is 10.5. The zero-order chi connectivity index (χ0) is 14.1. The van der Waals surface area contributed by atoms with Crippen LogP contribution in [-0.2, 0) is 4.79 Å². The van der Waals surface area contributed by atoms with Crippen molar-refractivity contribution in [1.82, 2.24) is 10.3 Å². The molecule has 2 aliphatic rings. The van der Waals surface area contributed by atoms with Gasteiger partial charge in [-0.2, -0.15) is 16.9 Å². The minimum atomic E-state index is -0.436. The number of carbonyl (C=O) groups excluding carboxylic acids is 1. The lowest BCUT2D eigenvalue weighted by Crippen LogP contribution is -2.57. The summed E-state index contributed by atoms with van der Waals surface area (Å²) in [6.07, 6.45) is 0. The summed E-state index contributed by atoms with van der Waals surface area (Å²) in [6.45, 7) is 0.713. The summed E-state index contributed by atoms with van der Waals surface area (Å²) < 4.78 is 0. The molecular weight excluding hydrogens is 280 g/mol. The number of rotatable bonds is 2. The number of nitro groups is 1. The van der Waals surface area contributed by atoms with Gasteiger partial charge in [-0.15, -0.1) is 0 Å². The summed E-state index contributed by atoms with van der Waals surface area (Å²) in [7, 11) is 0. The third-order valence-electron chi connectivity index (χ3n) is 3.29. The lowest BCUT2D eigenvalue weighted by Gasteiger charge is -2.38. The average Bonchev–Trinajstić information content (AvgIpc) is 2.48. The van der Waals surface area contributed by atoms with Crippen LogP contribution in [0.1, 0.15) is 5.56 Å². The van der Waals surface area contributed by atoms with Crippen molar-refractivity contribution in [2.24, 2.45) is 5.10 Å². The Morgan fingerprint density at radius 2 is 2.35 bits per heavy atom. The topological polar surface area (TPSA) is 87.8 Å². The predicted molar refractivity (Wildman–Crippen MR) is 75.6 cm³/mol. The molecule has 1 aromatic carbocycles. The molecule has 0 aliphatic carbocycles. The van der Waals surface area contributed by atoms with E-state index in [9.17, 15) is 14.9 Å². The van der Waals surface area contributed by atoms with Gasteiger partial charge in [0, 0.05) is 35.7 Å². The quantitative estimate of drug-likeness (QED) is 0.643. The number of nitrogens with zero attached hydrogens (tertiary/aromatic N) is 3. The molecule has 2 aliphatic heterocycles. The summed E-state index contributed by atoms with van der Waals surface area (Å²) in [5.41, 5.74) is 3.17. The Morgan fingerprint density at radius 1 is 1.50 bits per heavy atom. The van der Waals surface area contributed by atoms with Gasteiger partial charge in [0.2, 0.25) is 0 Å². The van der Waals surface area contributed by atoms with Gasteiger partial charge < -0.3 is 4.90 Å². The number of hydrogen-bond donors (Lipinski definition) is 1. The number of carbonyl (C=O) groups is 1. The summed E-state index contributed by atoms with van der Waals surface area (Å²) in [6, 6.07) is 6.06. The summed E-state index contributed by atoms with van der Waals surface area (Å²) in [4.78, 5) is 24.1. The Morgan fingerprint density at radius 3 is 3.15 bits per heavy atom. The van der Waals surface area contributed by atoms with Crippen LogP contribution in [0, 0.1) is 10.1 Å². The highest BCUT2D eigenvalue weighted by Gasteiger charge is 2.35. The molecule has 0 radical (unpaired) electrons. The number of hydrogen-bond acceptors (Lipinski definition) is 6. The van der Waals surface area contributed by atoms with E-state index in [1.165, 1.54) is 12.1 Å². The van der Waals surface area contributed by atoms with Gasteiger partial charge in [0.25, 0.3) is 11.6 Å². The first-order chi connectivity index (χ1) is 9.66. The van der Waals surface area contributed by atoms with E-state index in [-0.39, 0.29) is 17.6 Å². The molecule has 0 aromatic heterocycles. The van der Waals surface area contributed by atoms with Crippen LogP contribution in [0.2, 0.25) is 0 Å². The predicted octanol–water partition coefficient (Wildman–Crippen LogP) is 0.804. The van der Waals surface area contributed by atoms with E-state index < -0.39 is 4.92 Å². The first-order valence-corrected chi connectivity index (χ1v) is 7.29. The molecule has 1 aromatic rings. The van der Waals surface area contributed by atoms with Crippen LogP contribution in [0.15, 0.2) is 29.4 Å². The highest BCUT2D eigenvalue weighted by Crippen LogP contribution is 2.23. The molecule has 1 N–H and O–H groups in total. The van der Waals surface area contributed by atoms with Crippen molar-refractivity contribution < 1.29 is 9.72 Å². The molecule has 104 valence electrons. The SMILES string of the molecule is O=C1NN=C(c2cccc([N+](=O)[O-])c2)N2CCSC[C@@H]12. The molecule has 2 heterocycles. The molecule has 8 heteroatoms. The van der Waals surface area contributed by atoms with Crippen molar-refractivity contribution >= 4 is 29.2 Å². The largest absolute Gasteiger partial charge is 0.341 e. The number of fused-ring (bicyclic) bond motifs is 1. The number of benzene rings is 1. The summed E-state index contributed by atoms with van der Waals surface area (Å²) in [5, 5.41) is 14.9. The van der Waals surface area contributed by atoms with E-state index in [0.29, 0.717) is 23.7 Å². The number of nitrogens with one attached hydrogen (secondary N) is 1. The van der Waals surface area contributed by atoms with Gasteiger partial charge in [-0.1, -0.05) is 12.1 Å². The Bertz CT molecular complexity index is 604. The highest BCUT2D eigenvalue weighted by molar-refractivity contribution is 7.99. The van der Waals surface area contributed by atoms with Crippen molar-refractivity contribution in [3.63, 3.8) is 0 Å². The first-order valence-electron chi connectivity index (χ1n) is 6.13. The number of non-ortho nitro benzene ring substituents is 1. The van der Waals surface area contributed by atoms with Gasteiger partial charge >= 0.3 is 0 Å². The second-order valence-corrected chi connectivity index (χ2v) is 5.65. The van der Waals surface area contributed by atoms with Crippen LogP contribution in [-0.4, -0.2) is 45.7 Å². The van der Waals surface area contributed by atoms with E-state index >= 15 is 0 Å². The lowest BCUT2D eigenvalue weighted by atomic mass is 10.1. The number of hydrazone groups is 1. The van der Waals surface area contributed by atoms with Gasteiger partial charge in [0.1, 0.15) is 6.04 Å². The molecule has 0 spiro atoms. The summed E-state index contributed by atoms with van der Waals surface area (Å²) in [5.74, 6) is 2.10. The third kappa shape index (κ3) is 2.22. The van der Waals surface area contributed by atoms with Crippen LogP contribution in [0.3, 0.4) is 0 Å². The maximum atomic E-state index is 11.8. The van der Waals surface area contributed by atoms with E-state index in [2.05, 4.69) is 10.5 Å². The number of amides is 1. The Kier molecular flexibility index (Phi) is 3.31. The van der Waals surface area contributed by atoms with Crippen molar-refractivity contribution in [1.29, 1.82) is 0 Å². The molecule has 1 saturated heterocycles. The van der Waals surface area contributed by atoms with Crippen LogP contribution in [0.4, 0.5) is 5.69 Å². The summed E-state index contributed by atoms with van der Waals surface area (Å²) >= 11 is 1.72. The standard InChI is InChI=1S/C12H12N4O3S/c17-12-10-7-20-5-4-15(10)11(13-14-12)8-2-1-3-9(6-8)16(18)19/h1-3,6,10H,4-5,7H2,(H,14,17)/t10-/m0/s1. The van der Waals surface area contributed by atoms with Crippen LogP contribution in [0.5, 0.6) is 0 Å². The minimum Gasteiger partial charge on any atom is -0.341 e.